The van der Waals surface area contributed by atoms with E-state index in [9.17, 15) is 9.59 Å². The summed E-state index contributed by atoms with van der Waals surface area (Å²) >= 11 is 0. The second kappa shape index (κ2) is 7.29. The van der Waals surface area contributed by atoms with Crippen LogP contribution in [0, 0.1) is 0 Å². The highest BCUT2D eigenvalue weighted by Crippen LogP contribution is 2.37. The highest BCUT2D eigenvalue weighted by Gasteiger charge is 2.40. The third-order valence-corrected chi connectivity index (χ3v) is 5.48. The van der Waals surface area contributed by atoms with Crippen molar-refractivity contribution in [3.05, 3.63) is 29.7 Å². The number of nitrogens with one attached hydrogen (secondary N) is 3. The summed E-state index contributed by atoms with van der Waals surface area (Å²) < 4.78 is 7.22. The summed E-state index contributed by atoms with van der Waals surface area (Å²) in [6.07, 6.45) is 6.13. The molecule has 2 saturated carbocycles. The predicted octanol–water partition coefficient (Wildman–Crippen LogP) is 2.24. The van der Waals surface area contributed by atoms with Crippen molar-refractivity contribution in [1.29, 1.82) is 0 Å². The highest BCUT2D eigenvalue weighted by atomic mass is 16.6. The molecule has 0 aliphatic heterocycles. The predicted molar refractivity (Wildman–Crippen MR) is 102 cm³/mol. The Morgan fingerprint density at radius 3 is 2.93 bits per heavy atom. The normalized spacial score (nSPS) is 22.6. The average Bonchev–Trinajstić information content (AvgIpc) is 3.05. The van der Waals surface area contributed by atoms with Crippen molar-refractivity contribution < 1.29 is 14.3 Å². The van der Waals surface area contributed by atoms with Gasteiger partial charge in [-0.25, -0.2) is 4.79 Å². The summed E-state index contributed by atoms with van der Waals surface area (Å²) in [6.45, 7) is 2.03. The number of aryl methyl sites for hydroxylation is 1. The first-order valence-electron chi connectivity index (χ1n) is 9.71. The van der Waals surface area contributed by atoms with Crippen LogP contribution in [0.4, 0.5) is 10.6 Å². The lowest BCUT2D eigenvalue weighted by atomic mass is 10.0. The van der Waals surface area contributed by atoms with Gasteiger partial charge in [-0.05, 0) is 45.1 Å². The van der Waals surface area contributed by atoms with E-state index in [1.54, 1.807) is 10.9 Å². The number of anilines is 1. The zero-order valence-corrected chi connectivity index (χ0v) is 16.2. The summed E-state index contributed by atoms with van der Waals surface area (Å²) in [5.74, 6) is 0.581. The molecule has 1 unspecified atom stereocenters. The fourth-order valence-electron chi connectivity index (χ4n) is 3.59. The average molecular weight is 386 g/mol. The lowest BCUT2D eigenvalue weighted by molar-refractivity contribution is -0.115. The molecular formula is C19H26N6O3. The lowest BCUT2D eigenvalue weighted by Gasteiger charge is -2.16. The Hall–Kier alpha value is -2.84. The second-order valence-electron chi connectivity index (χ2n) is 8.14. The number of amides is 2. The third kappa shape index (κ3) is 4.52. The number of hydrogen-bond donors (Lipinski definition) is 3. The quantitative estimate of drug-likeness (QED) is 0.704. The van der Waals surface area contributed by atoms with Crippen LogP contribution < -0.4 is 10.6 Å². The van der Waals surface area contributed by atoms with Crippen molar-refractivity contribution >= 4 is 17.8 Å². The lowest BCUT2D eigenvalue weighted by Crippen LogP contribution is -2.36. The van der Waals surface area contributed by atoms with Crippen molar-refractivity contribution in [3.63, 3.8) is 0 Å². The van der Waals surface area contributed by atoms with E-state index in [1.165, 1.54) is 0 Å². The summed E-state index contributed by atoms with van der Waals surface area (Å²) in [5.41, 5.74) is 1.60. The van der Waals surface area contributed by atoms with Gasteiger partial charge in [-0.1, -0.05) is 0 Å². The number of aromatic amines is 1. The molecule has 2 aliphatic rings. The molecule has 2 aliphatic carbocycles. The molecule has 0 saturated heterocycles. The van der Waals surface area contributed by atoms with Crippen LogP contribution in [-0.4, -0.2) is 43.6 Å². The summed E-state index contributed by atoms with van der Waals surface area (Å²) in [4.78, 5) is 24.1. The topological polar surface area (TPSA) is 114 Å². The van der Waals surface area contributed by atoms with Gasteiger partial charge in [0.2, 0.25) is 5.91 Å². The van der Waals surface area contributed by atoms with Crippen LogP contribution in [0.1, 0.15) is 56.3 Å². The van der Waals surface area contributed by atoms with Crippen LogP contribution in [0.15, 0.2) is 18.3 Å². The molecule has 2 aromatic rings. The molecule has 4 rings (SSSR count). The minimum absolute atomic E-state index is 0.0686. The van der Waals surface area contributed by atoms with Gasteiger partial charge >= 0.3 is 6.09 Å². The van der Waals surface area contributed by atoms with Crippen LogP contribution in [0.5, 0.6) is 0 Å². The molecule has 2 heterocycles. The number of hydrogen-bond acceptors (Lipinski definition) is 5. The van der Waals surface area contributed by atoms with Gasteiger partial charge < -0.3 is 15.4 Å². The molecule has 150 valence electrons. The molecule has 28 heavy (non-hydrogen) atoms. The Morgan fingerprint density at radius 2 is 2.21 bits per heavy atom. The molecule has 2 atom stereocenters. The van der Waals surface area contributed by atoms with E-state index in [4.69, 9.17) is 4.74 Å². The molecule has 2 amide bonds. The Labute approximate surface area is 163 Å². The minimum Gasteiger partial charge on any atom is -0.446 e. The van der Waals surface area contributed by atoms with E-state index in [2.05, 4.69) is 25.9 Å². The van der Waals surface area contributed by atoms with Gasteiger partial charge in [-0.3, -0.25) is 14.6 Å². The Bertz CT molecular complexity index is 869. The SMILES string of the molecule is Cn1ccc(CC(=O)Nc2cc([C@H]3CCC(OC(=O)NC4(C)CC4)C3)[nH]n2)n1. The maximum Gasteiger partial charge on any atom is 0.407 e. The Morgan fingerprint density at radius 1 is 1.39 bits per heavy atom. The van der Waals surface area contributed by atoms with E-state index in [1.807, 2.05) is 26.1 Å². The third-order valence-electron chi connectivity index (χ3n) is 5.48. The zero-order chi connectivity index (χ0) is 19.7. The molecule has 9 heteroatoms. The van der Waals surface area contributed by atoms with E-state index in [0.29, 0.717) is 11.5 Å². The van der Waals surface area contributed by atoms with Crippen LogP contribution in [-0.2, 0) is 23.0 Å². The van der Waals surface area contributed by atoms with Crippen molar-refractivity contribution in [2.45, 2.75) is 63.0 Å². The maximum absolute atomic E-state index is 12.1. The van der Waals surface area contributed by atoms with Gasteiger partial charge in [-0.15, -0.1) is 0 Å². The van der Waals surface area contributed by atoms with Crippen LogP contribution in [0.3, 0.4) is 0 Å². The first-order chi connectivity index (χ1) is 13.4. The van der Waals surface area contributed by atoms with Gasteiger partial charge in [0.05, 0.1) is 12.1 Å². The number of nitrogens with zero attached hydrogens (tertiary/aromatic N) is 3. The largest absolute Gasteiger partial charge is 0.446 e. The second-order valence-corrected chi connectivity index (χ2v) is 8.14. The van der Waals surface area contributed by atoms with Crippen molar-refractivity contribution in [2.75, 3.05) is 5.32 Å². The van der Waals surface area contributed by atoms with Gasteiger partial charge in [-0.2, -0.15) is 10.2 Å². The summed E-state index contributed by atoms with van der Waals surface area (Å²) in [5, 5.41) is 17.1. The van der Waals surface area contributed by atoms with Crippen LogP contribution in [0.25, 0.3) is 0 Å². The van der Waals surface area contributed by atoms with Crippen molar-refractivity contribution in [3.8, 4) is 0 Å². The Balaban J connectivity index is 1.26. The van der Waals surface area contributed by atoms with Gasteiger partial charge in [0, 0.05) is 36.5 Å². The number of H-pyrrole nitrogens is 1. The maximum atomic E-state index is 12.1. The van der Waals surface area contributed by atoms with Crippen molar-refractivity contribution in [2.24, 2.45) is 7.05 Å². The van der Waals surface area contributed by atoms with Crippen LogP contribution >= 0.6 is 0 Å². The molecule has 0 spiro atoms. The molecule has 2 aromatic heterocycles. The molecule has 0 bridgehead atoms. The Kier molecular flexibility index (Phi) is 4.82. The molecule has 2 fully saturated rings. The molecular weight excluding hydrogens is 360 g/mol. The first-order valence-corrected chi connectivity index (χ1v) is 9.71. The fourth-order valence-corrected chi connectivity index (χ4v) is 3.59. The number of ether oxygens (including phenoxy) is 1. The number of rotatable bonds is 6. The van der Waals surface area contributed by atoms with Crippen molar-refractivity contribution in [1.82, 2.24) is 25.3 Å². The molecule has 0 aromatic carbocycles. The number of carbonyl (C=O) groups is 2. The smallest absolute Gasteiger partial charge is 0.407 e. The molecule has 3 N–H and O–H groups in total. The van der Waals surface area contributed by atoms with Crippen LogP contribution in [0.2, 0.25) is 0 Å². The standard InChI is InChI=1S/C19H26N6O3/c1-19(6-7-19)21-18(27)28-14-4-3-12(9-14)15-11-16(23-22-15)20-17(26)10-13-5-8-25(2)24-13/h5,8,11-12,14H,3-4,6-7,9-10H2,1-2H3,(H,21,27)(H2,20,22,23,26)/t12-,14?/m0/s1. The number of carbonyl (C=O) groups excluding carboxylic acids is 2. The highest BCUT2D eigenvalue weighted by molar-refractivity contribution is 5.91. The number of aromatic nitrogens is 4. The molecule has 9 nitrogen and oxygen atoms in total. The van der Waals surface area contributed by atoms with E-state index in [0.717, 1.165) is 37.8 Å². The monoisotopic (exact) mass is 386 g/mol. The zero-order valence-electron chi connectivity index (χ0n) is 16.2. The first kappa shape index (κ1) is 18.5. The minimum atomic E-state index is -0.322. The fraction of sp³-hybridized carbons (Fsp3) is 0.579. The van der Waals surface area contributed by atoms with Gasteiger partial charge in [0.1, 0.15) is 6.10 Å². The summed E-state index contributed by atoms with van der Waals surface area (Å²) in [7, 11) is 1.82. The summed E-state index contributed by atoms with van der Waals surface area (Å²) in [6, 6.07) is 3.67. The van der Waals surface area contributed by atoms with Gasteiger partial charge in [0.25, 0.3) is 0 Å². The number of alkyl carbamates (subject to hydrolysis) is 1. The van der Waals surface area contributed by atoms with E-state index >= 15 is 0 Å². The van der Waals surface area contributed by atoms with E-state index < -0.39 is 0 Å². The van der Waals surface area contributed by atoms with E-state index in [-0.39, 0.29) is 36.0 Å². The van der Waals surface area contributed by atoms with Gasteiger partial charge in [0.15, 0.2) is 5.82 Å². The molecule has 0 radical (unpaired) electrons.